The number of nitrogens with one attached hydrogen (secondary N) is 2. The van der Waals surface area contributed by atoms with E-state index in [2.05, 4.69) is 5.32 Å². The summed E-state index contributed by atoms with van der Waals surface area (Å²) < 4.78 is 0. The molecule has 0 saturated heterocycles. The van der Waals surface area contributed by atoms with E-state index in [1.54, 1.807) is 24.3 Å². The molecule has 120 valence electrons. The number of carboxylic acids is 1. The van der Waals surface area contributed by atoms with Gasteiger partial charge < -0.3 is 21.6 Å². The van der Waals surface area contributed by atoms with E-state index < -0.39 is 5.97 Å². The van der Waals surface area contributed by atoms with Gasteiger partial charge in [0.1, 0.15) is 5.82 Å². The summed E-state index contributed by atoms with van der Waals surface area (Å²) in [6, 6.07) is 12.5. The molecule has 8 heteroatoms. The number of benzene rings is 2. The first-order chi connectivity index (χ1) is 10.9. The van der Waals surface area contributed by atoms with E-state index in [-0.39, 0.29) is 11.5 Å². The quantitative estimate of drug-likeness (QED) is 0.321. The Morgan fingerprint density at radius 3 is 2.13 bits per heavy atom. The van der Waals surface area contributed by atoms with Crippen molar-refractivity contribution in [3.05, 3.63) is 64.0 Å². The third-order valence-corrected chi connectivity index (χ3v) is 3.78. The number of carbonyl (C=O) groups is 1. The summed E-state index contributed by atoms with van der Waals surface area (Å²) in [5, 5.41) is 12.6. The maximum atomic E-state index is 10.9. The highest BCUT2D eigenvalue weighted by molar-refractivity contribution is 6.42. The van der Waals surface area contributed by atoms with Crippen LogP contribution in [0.4, 0.5) is 5.69 Å². The van der Waals surface area contributed by atoms with Crippen LogP contribution in [0, 0.1) is 0 Å². The molecule has 0 bridgehead atoms. The third-order valence-electron chi connectivity index (χ3n) is 3.04. The Labute approximate surface area is 142 Å². The molecule has 0 heterocycles. The molecule has 0 aliphatic heterocycles. The number of rotatable bonds is 5. The van der Waals surface area contributed by atoms with E-state index in [9.17, 15) is 4.79 Å². The number of hydrazine groups is 1. The maximum Gasteiger partial charge on any atom is 0.357 e. The van der Waals surface area contributed by atoms with Crippen LogP contribution in [0.25, 0.3) is 11.1 Å². The van der Waals surface area contributed by atoms with Crippen LogP contribution in [-0.2, 0) is 4.79 Å². The number of anilines is 1. The first kappa shape index (κ1) is 17.0. The van der Waals surface area contributed by atoms with E-state index in [0.717, 1.165) is 11.1 Å². The van der Waals surface area contributed by atoms with E-state index in [4.69, 9.17) is 39.9 Å². The molecule has 0 saturated carbocycles. The molecule has 0 aromatic heterocycles. The van der Waals surface area contributed by atoms with Gasteiger partial charge in [0, 0.05) is 5.69 Å². The van der Waals surface area contributed by atoms with Crippen molar-refractivity contribution in [1.29, 1.82) is 0 Å². The lowest BCUT2D eigenvalue weighted by atomic mass is 10.1. The zero-order chi connectivity index (χ0) is 17.0. The molecule has 2 aromatic carbocycles. The number of halogens is 2. The van der Waals surface area contributed by atoms with Crippen molar-refractivity contribution in [2.24, 2.45) is 11.6 Å². The molecule has 0 fully saturated rings. The lowest BCUT2D eigenvalue weighted by Gasteiger charge is -2.11. The van der Waals surface area contributed by atoms with Gasteiger partial charge in [-0.25, -0.2) is 4.79 Å². The normalized spacial score (nSPS) is 11.6. The van der Waals surface area contributed by atoms with Gasteiger partial charge in [-0.15, -0.1) is 0 Å². The highest BCUT2D eigenvalue weighted by Crippen LogP contribution is 2.29. The number of aliphatic carboxylic acids is 1. The zero-order valence-electron chi connectivity index (χ0n) is 11.8. The van der Waals surface area contributed by atoms with Gasteiger partial charge in [0.2, 0.25) is 0 Å². The standard InChI is InChI=1S/C15H14Cl2N4O2/c16-11-6-3-9(7-12(11)17)8-1-4-10(5-2-8)20-14(18)13(21-19)15(22)23/h1-7,20-21H,18-19H2,(H,22,23)/b14-13+. The molecule has 0 aliphatic rings. The smallest absolute Gasteiger partial charge is 0.357 e. The number of hydrogen-bond acceptors (Lipinski definition) is 5. The molecule has 2 rings (SSSR count). The van der Waals surface area contributed by atoms with E-state index in [1.807, 2.05) is 23.6 Å². The van der Waals surface area contributed by atoms with Crippen LogP contribution in [0.1, 0.15) is 0 Å². The van der Waals surface area contributed by atoms with Gasteiger partial charge in [0.15, 0.2) is 5.70 Å². The summed E-state index contributed by atoms with van der Waals surface area (Å²) in [5.74, 6) is 3.77. The largest absolute Gasteiger partial charge is 0.476 e. The van der Waals surface area contributed by atoms with Gasteiger partial charge in [0.25, 0.3) is 0 Å². The maximum absolute atomic E-state index is 10.9. The number of hydrogen-bond donors (Lipinski definition) is 5. The van der Waals surface area contributed by atoms with Gasteiger partial charge in [-0.2, -0.15) is 0 Å². The van der Waals surface area contributed by atoms with Crippen molar-refractivity contribution in [2.45, 2.75) is 0 Å². The Morgan fingerprint density at radius 1 is 1.00 bits per heavy atom. The minimum atomic E-state index is -1.26. The van der Waals surface area contributed by atoms with Gasteiger partial charge >= 0.3 is 5.97 Å². The average Bonchev–Trinajstić information content (AvgIpc) is 2.51. The van der Waals surface area contributed by atoms with Crippen molar-refractivity contribution >= 4 is 34.9 Å². The summed E-state index contributed by atoms with van der Waals surface area (Å²) in [7, 11) is 0. The summed E-state index contributed by atoms with van der Waals surface area (Å²) in [5.41, 5.74) is 9.82. The highest BCUT2D eigenvalue weighted by Gasteiger charge is 2.11. The van der Waals surface area contributed by atoms with Crippen LogP contribution >= 0.6 is 23.2 Å². The molecule has 0 atom stereocenters. The highest BCUT2D eigenvalue weighted by atomic mass is 35.5. The number of carboxylic acid groups (broad SMARTS) is 1. The van der Waals surface area contributed by atoms with Crippen molar-refractivity contribution in [2.75, 3.05) is 5.32 Å². The van der Waals surface area contributed by atoms with Crippen LogP contribution in [0.2, 0.25) is 10.0 Å². The van der Waals surface area contributed by atoms with E-state index in [0.29, 0.717) is 15.7 Å². The second-order valence-electron chi connectivity index (χ2n) is 4.57. The van der Waals surface area contributed by atoms with Crippen molar-refractivity contribution in [3.63, 3.8) is 0 Å². The first-order valence-electron chi connectivity index (χ1n) is 6.44. The fraction of sp³-hybridized carbons (Fsp3) is 0. The molecule has 0 aliphatic carbocycles. The fourth-order valence-electron chi connectivity index (χ4n) is 1.89. The topological polar surface area (TPSA) is 113 Å². The van der Waals surface area contributed by atoms with Crippen molar-refractivity contribution in [3.8, 4) is 11.1 Å². The molecule has 6 nitrogen and oxygen atoms in total. The lowest BCUT2D eigenvalue weighted by Crippen LogP contribution is -2.32. The Kier molecular flexibility index (Phi) is 5.33. The van der Waals surface area contributed by atoms with E-state index in [1.165, 1.54) is 0 Å². The fourth-order valence-corrected chi connectivity index (χ4v) is 2.19. The van der Waals surface area contributed by atoms with Crippen LogP contribution in [-0.4, -0.2) is 11.1 Å². The summed E-state index contributed by atoms with van der Waals surface area (Å²) >= 11 is 11.9. The lowest BCUT2D eigenvalue weighted by molar-refractivity contribution is -0.133. The van der Waals surface area contributed by atoms with Gasteiger partial charge in [0.05, 0.1) is 10.0 Å². The second kappa shape index (κ2) is 7.23. The monoisotopic (exact) mass is 352 g/mol. The van der Waals surface area contributed by atoms with Crippen LogP contribution < -0.4 is 22.3 Å². The van der Waals surface area contributed by atoms with Gasteiger partial charge in [-0.1, -0.05) is 41.4 Å². The molecule has 2 aromatic rings. The molecule has 23 heavy (non-hydrogen) atoms. The Bertz CT molecular complexity index is 761. The van der Waals surface area contributed by atoms with E-state index >= 15 is 0 Å². The minimum absolute atomic E-state index is 0.0951. The number of nitrogens with two attached hydrogens (primary N) is 2. The molecular formula is C15H14Cl2N4O2. The summed E-state index contributed by atoms with van der Waals surface area (Å²) in [6.07, 6.45) is 0. The van der Waals surface area contributed by atoms with Gasteiger partial charge in [-0.3, -0.25) is 5.84 Å². The predicted molar refractivity (Wildman–Crippen MR) is 91.7 cm³/mol. The molecule has 0 radical (unpaired) electrons. The minimum Gasteiger partial charge on any atom is -0.476 e. The Morgan fingerprint density at radius 2 is 1.61 bits per heavy atom. The Hall–Kier alpha value is -2.41. The SMILES string of the molecule is NN/C(C(=O)O)=C(\N)Nc1ccc(-c2ccc(Cl)c(Cl)c2)cc1. The molecule has 7 N–H and O–H groups in total. The molecular weight excluding hydrogens is 339 g/mol. The Balaban J connectivity index is 2.22. The predicted octanol–water partition coefficient (Wildman–Crippen LogP) is 2.75. The molecule has 0 unspecified atom stereocenters. The molecule has 0 amide bonds. The average molecular weight is 353 g/mol. The zero-order valence-corrected chi connectivity index (χ0v) is 13.3. The van der Waals surface area contributed by atoms with Crippen LogP contribution in [0.3, 0.4) is 0 Å². The molecule has 0 spiro atoms. The first-order valence-corrected chi connectivity index (χ1v) is 7.20. The second-order valence-corrected chi connectivity index (χ2v) is 5.38. The summed E-state index contributed by atoms with van der Waals surface area (Å²) in [6.45, 7) is 0. The van der Waals surface area contributed by atoms with Gasteiger partial charge in [-0.05, 0) is 35.4 Å². The third kappa shape index (κ3) is 4.07. The summed E-state index contributed by atoms with van der Waals surface area (Å²) in [4.78, 5) is 10.9. The van der Waals surface area contributed by atoms with Crippen LogP contribution in [0.15, 0.2) is 54.0 Å². The van der Waals surface area contributed by atoms with Crippen molar-refractivity contribution < 1.29 is 9.90 Å². The van der Waals surface area contributed by atoms with Crippen molar-refractivity contribution in [1.82, 2.24) is 5.43 Å². The van der Waals surface area contributed by atoms with Crippen LogP contribution in [0.5, 0.6) is 0 Å².